The fourth-order valence-electron chi connectivity index (χ4n) is 2.45. The van der Waals surface area contributed by atoms with E-state index in [9.17, 15) is 8.42 Å². The molecule has 0 radical (unpaired) electrons. The van der Waals surface area contributed by atoms with Gasteiger partial charge in [0.05, 0.1) is 10.4 Å². The van der Waals surface area contributed by atoms with Gasteiger partial charge in [0, 0.05) is 16.5 Å². The molecule has 6 heteroatoms. The van der Waals surface area contributed by atoms with Gasteiger partial charge in [-0.1, -0.05) is 6.58 Å². The number of allylic oxidation sites excluding steroid dienone is 1. The van der Waals surface area contributed by atoms with E-state index >= 15 is 0 Å². The van der Waals surface area contributed by atoms with Gasteiger partial charge in [-0.3, -0.25) is 0 Å². The molecule has 1 aromatic rings. The van der Waals surface area contributed by atoms with Crippen molar-refractivity contribution in [2.45, 2.75) is 37.4 Å². The molecule has 1 saturated heterocycles. The number of pyridine rings is 1. The Morgan fingerprint density at radius 1 is 1.47 bits per heavy atom. The molecule has 1 aliphatic rings. The largest absolute Gasteiger partial charge is 0.397 e. The molecule has 1 atom stereocenters. The van der Waals surface area contributed by atoms with E-state index in [0.717, 1.165) is 5.69 Å². The van der Waals surface area contributed by atoms with Gasteiger partial charge in [0.2, 0.25) is 0 Å². The van der Waals surface area contributed by atoms with Gasteiger partial charge in [0.25, 0.3) is 0 Å². The van der Waals surface area contributed by atoms with Crippen LogP contribution in [0.2, 0.25) is 0 Å². The predicted octanol–water partition coefficient (Wildman–Crippen LogP) is 3.01. The molecule has 1 fully saturated rings. The second-order valence-electron chi connectivity index (χ2n) is 5.52. The molecule has 0 amide bonds. The summed E-state index contributed by atoms with van der Waals surface area (Å²) in [6.45, 7) is 7.21. The van der Waals surface area contributed by atoms with Crippen LogP contribution < -0.4 is 5.73 Å². The van der Waals surface area contributed by atoms with E-state index in [1.807, 2.05) is 6.07 Å². The fraction of sp³-hybridized carbons (Fsp3) is 0.462. The van der Waals surface area contributed by atoms with Crippen LogP contribution in [0.25, 0.3) is 0 Å². The highest BCUT2D eigenvalue weighted by Gasteiger charge is 2.44. The van der Waals surface area contributed by atoms with Gasteiger partial charge in [-0.2, -0.15) is 0 Å². The summed E-state index contributed by atoms with van der Waals surface area (Å²) in [6, 6.07) is 3.64. The molecule has 2 rings (SSSR count). The maximum absolute atomic E-state index is 12.2. The average molecular weight is 345 g/mol. The van der Waals surface area contributed by atoms with E-state index in [0.29, 0.717) is 28.0 Å². The van der Waals surface area contributed by atoms with Gasteiger partial charge < -0.3 is 5.73 Å². The summed E-state index contributed by atoms with van der Waals surface area (Å²) in [5, 5.41) is 0. The highest BCUT2D eigenvalue weighted by molar-refractivity contribution is 9.10. The Bertz CT molecular complexity index is 638. The number of aromatic nitrogens is 1. The lowest BCUT2D eigenvalue weighted by Gasteiger charge is -2.35. The van der Waals surface area contributed by atoms with Crippen LogP contribution in [-0.2, 0) is 9.84 Å². The molecular formula is C13H17BrN2O2S. The number of halogens is 1. The summed E-state index contributed by atoms with van der Waals surface area (Å²) in [7, 11) is -3.26. The molecule has 2 N–H and O–H groups in total. The molecule has 1 aromatic heterocycles. The van der Waals surface area contributed by atoms with E-state index in [2.05, 4.69) is 27.5 Å². The number of nitrogens with zero attached hydrogens (tertiary/aromatic N) is 1. The van der Waals surface area contributed by atoms with Crippen molar-refractivity contribution in [3.8, 4) is 0 Å². The van der Waals surface area contributed by atoms with Crippen molar-refractivity contribution in [1.82, 2.24) is 4.98 Å². The maximum Gasteiger partial charge on any atom is 0.179 e. The minimum absolute atomic E-state index is 0.0583. The van der Waals surface area contributed by atoms with Crippen LogP contribution in [0.15, 0.2) is 28.2 Å². The van der Waals surface area contributed by atoms with Crippen molar-refractivity contribution in [2.75, 3.05) is 5.73 Å². The number of hydrogen-bond acceptors (Lipinski definition) is 4. The second kappa shape index (κ2) is 4.59. The first kappa shape index (κ1) is 14.5. The second-order valence-corrected chi connectivity index (χ2v) is 8.96. The van der Waals surface area contributed by atoms with E-state index in [1.165, 1.54) is 0 Å². The Kier molecular flexibility index (Phi) is 3.51. The number of nitrogens with two attached hydrogens (primary N) is 1. The first-order valence-corrected chi connectivity index (χ1v) is 8.27. The molecule has 1 aliphatic heterocycles. The SMILES string of the molecule is C=C1CC(c2ccc(N)c(Br)n2)CC(C)(C)S1(=O)=O. The molecule has 4 nitrogen and oxygen atoms in total. The van der Waals surface area contributed by atoms with Crippen molar-refractivity contribution in [1.29, 1.82) is 0 Å². The van der Waals surface area contributed by atoms with Gasteiger partial charge in [-0.15, -0.1) is 0 Å². The summed E-state index contributed by atoms with van der Waals surface area (Å²) in [6.07, 6.45) is 0.965. The van der Waals surface area contributed by atoms with Gasteiger partial charge in [0.15, 0.2) is 9.84 Å². The number of nitrogen functional groups attached to an aromatic ring is 1. The van der Waals surface area contributed by atoms with E-state index in [4.69, 9.17) is 5.73 Å². The normalized spacial score (nSPS) is 25.2. The number of rotatable bonds is 1. The van der Waals surface area contributed by atoms with Crippen LogP contribution in [-0.4, -0.2) is 18.1 Å². The van der Waals surface area contributed by atoms with Crippen LogP contribution in [0.3, 0.4) is 0 Å². The molecule has 2 heterocycles. The smallest absolute Gasteiger partial charge is 0.179 e. The van der Waals surface area contributed by atoms with Crippen LogP contribution in [0.1, 0.15) is 38.3 Å². The lowest BCUT2D eigenvalue weighted by atomic mass is 9.89. The predicted molar refractivity (Wildman–Crippen MR) is 80.5 cm³/mol. The summed E-state index contributed by atoms with van der Waals surface area (Å²) < 4.78 is 24.2. The van der Waals surface area contributed by atoms with E-state index in [-0.39, 0.29) is 5.92 Å². The minimum atomic E-state index is -3.26. The summed E-state index contributed by atoms with van der Waals surface area (Å²) in [5.74, 6) is 0.0583. The first-order chi connectivity index (χ1) is 8.65. The summed E-state index contributed by atoms with van der Waals surface area (Å²) in [4.78, 5) is 4.69. The Morgan fingerprint density at radius 2 is 2.11 bits per heavy atom. The molecule has 0 spiro atoms. The van der Waals surface area contributed by atoms with Crippen LogP contribution in [0.5, 0.6) is 0 Å². The summed E-state index contributed by atoms with van der Waals surface area (Å²) in [5.41, 5.74) is 7.15. The third-order valence-corrected chi connectivity index (χ3v) is 6.82. The highest BCUT2D eigenvalue weighted by atomic mass is 79.9. The van der Waals surface area contributed by atoms with Crippen molar-refractivity contribution in [2.24, 2.45) is 0 Å². The Balaban J connectivity index is 2.39. The minimum Gasteiger partial charge on any atom is -0.397 e. The Morgan fingerprint density at radius 3 is 2.63 bits per heavy atom. The topological polar surface area (TPSA) is 73.0 Å². The third kappa shape index (κ3) is 2.43. The third-order valence-electron chi connectivity index (χ3n) is 3.64. The van der Waals surface area contributed by atoms with E-state index in [1.54, 1.807) is 19.9 Å². The van der Waals surface area contributed by atoms with Crippen LogP contribution in [0.4, 0.5) is 5.69 Å². The summed E-state index contributed by atoms with van der Waals surface area (Å²) >= 11 is 3.30. The van der Waals surface area contributed by atoms with Crippen molar-refractivity contribution >= 4 is 31.5 Å². The number of hydrogen-bond donors (Lipinski definition) is 1. The fourth-order valence-corrected chi connectivity index (χ4v) is 4.41. The first-order valence-electron chi connectivity index (χ1n) is 5.99. The molecule has 1 unspecified atom stereocenters. The highest BCUT2D eigenvalue weighted by Crippen LogP contribution is 2.44. The average Bonchev–Trinajstić information content (AvgIpc) is 2.29. The van der Waals surface area contributed by atoms with Crippen molar-refractivity contribution < 1.29 is 8.42 Å². The lowest BCUT2D eigenvalue weighted by Crippen LogP contribution is -2.39. The maximum atomic E-state index is 12.2. The molecule has 0 saturated carbocycles. The van der Waals surface area contributed by atoms with Gasteiger partial charge in [-0.05, 0) is 54.8 Å². The van der Waals surface area contributed by atoms with Gasteiger partial charge in [-0.25, -0.2) is 13.4 Å². The zero-order valence-electron chi connectivity index (χ0n) is 11.0. The van der Waals surface area contributed by atoms with Gasteiger partial charge in [0.1, 0.15) is 4.60 Å². The van der Waals surface area contributed by atoms with Gasteiger partial charge >= 0.3 is 0 Å². The zero-order chi connectivity index (χ0) is 14.4. The van der Waals surface area contributed by atoms with E-state index < -0.39 is 14.6 Å². The molecule has 0 aromatic carbocycles. The molecule has 0 bridgehead atoms. The monoisotopic (exact) mass is 344 g/mol. The van der Waals surface area contributed by atoms with Crippen molar-refractivity contribution in [3.05, 3.63) is 33.9 Å². The Labute approximate surface area is 122 Å². The van der Waals surface area contributed by atoms with Crippen LogP contribution in [0, 0.1) is 0 Å². The lowest BCUT2D eigenvalue weighted by molar-refractivity contribution is 0.461. The van der Waals surface area contributed by atoms with Crippen LogP contribution >= 0.6 is 15.9 Å². The molecule has 104 valence electrons. The quantitative estimate of drug-likeness (QED) is 0.794. The number of anilines is 1. The Hall–Kier alpha value is -0.880. The molecular weight excluding hydrogens is 328 g/mol. The zero-order valence-corrected chi connectivity index (χ0v) is 13.4. The standard InChI is InChI=1S/C13H17BrN2O2S/c1-8-6-9(7-13(2,3)19(8,17)18)11-5-4-10(15)12(14)16-11/h4-5,9H,1,6-7,15H2,2-3H3. The molecule has 0 aliphatic carbocycles. The number of sulfone groups is 1. The van der Waals surface area contributed by atoms with Crippen molar-refractivity contribution in [3.63, 3.8) is 0 Å². The molecule has 19 heavy (non-hydrogen) atoms.